The maximum atomic E-state index is 5.13. The normalized spacial score (nSPS) is 12.3. The highest BCUT2D eigenvalue weighted by Crippen LogP contribution is 2.15. The summed E-state index contributed by atoms with van der Waals surface area (Å²) in [5.41, 5.74) is 2.31. The third kappa shape index (κ3) is 3.37. The van der Waals surface area contributed by atoms with E-state index in [1.807, 2.05) is 24.5 Å². The number of rotatable bonds is 6. The van der Waals surface area contributed by atoms with Crippen LogP contribution in [0.15, 0.2) is 48.8 Å². The SMILES string of the molecule is COCC(C)CNc1cccc(-n2cccc2)c1. The highest BCUT2D eigenvalue weighted by atomic mass is 16.5. The van der Waals surface area contributed by atoms with Crippen molar-refractivity contribution in [1.82, 2.24) is 4.57 Å². The molecule has 2 rings (SSSR count). The highest BCUT2D eigenvalue weighted by molar-refractivity contribution is 5.51. The molecule has 0 spiro atoms. The molecular formula is C15H20N2O. The summed E-state index contributed by atoms with van der Waals surface area (Å²) < 4.78 is 7.23. The number of ether oxygens (including phenoxy) is 1. The van der Waals surface area contributed by atoms with E-state index in [4.69, 9.17) is 4.74 Å². The number of anilines is 1. The van der Waals surface area contributed by atoms with E-state index in [2.05, 4.69) is 41.1 Å². The van der Waals surface area contributed by atoms with E-state index in [1.54, 1.807) is 7.11 Å². The Labute approximate surface area is 108 Å². The fourth-order valence-corrected chi connectivity index (χ4v) is 1.92. The predicted octanol–water partition coefficient (Wildman–Crippen LogP) is 3.17. The van der Waals surface area contributed by atoms with Gasteiger partial charge in [-0.25, -0.2) is 0 Å². The number of benzene rings is 1. The van der Waals surface area contributed by atoms with Gasteiger partial charge in [-0.2, -0.15) is 0 Å². The maximum absolute atomic E-state index is 5.13. The zero-order valence-corrected chi connectivity index (χ0v) is 11.0. The van der Waals surface area contributed by atoms with Gasteiger partial charge in [0.05, 0.1) is 6.61 Å². The standard InChI is InChI=1S/C15H20N2O/c1-13(12-18-2)11-16-14-6-5-7-15(10-14)17-8-3-4-9-17/h3-10,13,16H,11-12H2,1-2H3. The van der Waals surface area contributed by atoms with Crippen LogP contribution in [0, 0.1) is 5.92 Å². The number of nitrogens with one attached hydrogen (secondary N) is 1. The van der Waals surface area contributed by atoms with Crippen LogP contribution in [0.4, 0.5) is 5.69 Å². The maximum Gasteiger partial charge on any atom is 0.0504 e. The van der Waals surface area contributed by atoms with Crippen molar-refractivity contribution in [2.75, 3.05) is 25.6 Å². The molecule has 3 heteroatoms. The van der Waals surface area contributed by atoms with E-state index >= 15 is 0 Å². The average molecular weight is 244 g/mol. The molecule has 1 heterocycles. The first-order valence-corrected chi connectivity index (χ1v) is 6.26. The Balaban J connectivity index is 2.00. The highest BCUT2D eigenvalue weighted by Gasteiger charge is 2.02. The van der Waals surface area contributed by atoms with Gasteiger partial charge < -0.3 is 14.6 Å². The van der Waals surface area contributed by atoms with Gasteiger partial charge in [0.15, 0.2) is 0 Å². The van der Waals surface area contributed by atoms with E-state index < -0.39 is 0 Å². The van der Waals surface area contributed by atoms with Crippen LogP contribution >= 0.6 is 0 Å². The van der Waals surface area contributed by atoms with Crippen LogP contribution in [0.2, 0.25) is 0 Å². The fourth-order valence-electron chi connectivity index (χ4n) is 1.92. The van der Waals surface area contributed by atoms with Crippen molar-refractivity contribution in [3.05, 3.63) is 48.8 Å². The first kappa shape index (κ1) is 12.7. The van der Waals surface area contributed by atoms with Crippen molar-refractivity contribution < 1.29 is 4.74 Å². The van der Waals surface area contributed by atoms with Crippen LogP contribution in [-0.2, 0) is 4.74 Å². The first-order chi connectivity index (χ1) is 8.79. The van der Waals surface area contributed by atoms with Gasteiger partial charge in [0, 0.05) is 37.4 Å². The van der Waals surface area contributed by atoms with Crippen LogP contribution in [0.3, 0.4) is 0 Å². The molecule has 1 unspecified atom stereocenters. The average Bonchev–Trinajstić information content (AvgIpc) is 2.91. The molecule has 1 aromatic carbocycles. The Morgan fingerprint density at radius 3 is 2.72 bits per heavy atom. The molecule has 0 radical (unpaired) electrons. The van der Waals surface area contributed by atoms with Crippen molar-refractivity contribution >= 4 is 5.69 Å². The molecule has 0 aliphatic rings. The van der Waals surface area contributed by atoms with Crippen molar-refractivity contribution in [2.24, 2.45) is 5.92 Å². The molecule has 1 aromatic heterocycles. The van der Waals surface area contributed by atoms with Crippen LogP contribution in [-0.4, -0.2) is 24.8 Å². The number of aromatic nitrogens is 1. The molecule has 0 aliphatic carbocycles. The molecule has 0 aliphatic heterocycles. The van der Waals surface area contributed by atoms with Gasteiger partial charge in [-0.3, -0.25) is 0 Å². The van der Waals surface area contributed by atoms with Crippen molar-refractivity contribution in [2.45, 2.75) is 6.92 Å². The summed E-state index contributed by atoms with van der Waals surface area (Å²) in [6, 6.07) is 12.5. The van der Waals surface area contributed by atoms with E-state index in [1.165, 1.54) is 5.69 Å². The molecule has 1 N–H and O–H groups in total. The van der Waals surface area contributed by atoms with Gasteiger partial charge in [0.25, 0.3) is 0 Å². The van der Waals surface area contributed by atoms with E-state index in [9.17, 15) is 0 Å². The summed E-state index contributed by atoms with van der Waals surface area (Å²) in [4.78, 5) is 0. The minimum atomic E-state index is 0.505. The molecule has 18 heavy (non-hydrogen) atoms. The minimum absolute atomic E-state index is 0.505. The topological polar surface area (TPSA) is 26.2 Å². The number of hydrogen-bond donors (Lipinski definition) is 1. The summed E-state index contributed by atoms with van der Waals surface area (Å²) in [6.07, 6.45) is 4.10. The third-order valence-electron chi connectivity index (χ3n) is 2.85. The smallest absolute Gasteiger partial charge is 0.0504 e. The van der Waals surface area contributed by atoms with Gasteiger partial charge in [-0.1, -0.05) is 13.0 Å². The lowest BCUT2D eigenvalue weighted by Crippen LogP contribution is -2.15. The quantitative estimate of drug-likeness (QED) is 0.844. The molecular weight excluding hydrogens is 224 g/mol. The van der Waals surface area contributed by atoms with Gasteiger partial charge in [0.1, 0.15) is 0 Å². The number of methoxy groups -OCH3 is 1. The summed E-state index contributed by atoms with van der Waals surface area (Å²) in [5, 5.41) is 3.44. The summed E-state index contributed by atoms with van der Waals surface area (Å²) >= 11 is 0. The van der Waals surface area contributed by atoms with Gasteiger partial charge in [0.2, 0.25) is 0 Å². The molecule has 2 aromatic rings. The second-order valence-corrected chi connectivity index (χ2v) is 4.58. The second kappa shape index (κ2) is 6.26. The zero-order chi connectivity index (χ0) is 12.8. The van der Waals surface area contributed by atoms with E-state index in [0.29, 0.717) is 5.92 Å². The molecule has 0 saturated carbocycles. The monoisotopic (exact) mass is 244 g/mol. The first-order valence-electron chi connectivity index (χ1n) is 6.26. The molecule has 0 fully saturated rings. The Bertz CT molecular complexity index is 465. The lowest BCUT2D eigenvalue weighted by Gasteiger charge is -2.13. The van der Waals surface area contributed by atoms with Crippen molar-refractivity contribution in [1.29, 1.82) is 0 Å². The lowest BCUT2D eigenvalue weighted by molar-refractivity contribution is 0.164. The largest absolute Gasteiger partial charge is 0.385 e. The molecule has 0 bridgehead atoms. The summed E-state index contributed by atoms with van der Waals surface area (Å²) in [6.45, 7) is 3.87. The number of nitrogens with zero attached hydrogens (tertiary/aromatic N) is 1. The summed E-state index contributed by atoms with van der Waals surface area (Å²) in [7, 11) is 1.74. The van der Waals surface area contributed by atoms with Crippen LogP contribution < -0.4 is 5.32 Å². The Morgan fingerprint density at radius 1 is 1.22 bits per heavy atom. The third-order valence-corrected chi connectivity index (χ3v) is 2.85. The predicted molar refractivity (Wildman–Crippen MR) is 75.3 cm³/mol. The van der Waals surface area contributed by atoms with Gasteiger partial charge in [-0.05, 0) is 36.2 Å². The Kier molecular flexibility index (Phi) is 4.42. The molecule has 96 valence electrons. The van der Waals surface area contributed by atoms with Gasteiger partial charge >= 0.3 is 0 Å². The van der Waals surface area contributed by atoms with Crippen LogP contribution in [0.25, 0.3) is 5.69 Å². The van der Waals surface area contributed by atoms with Crippen molar-refractivity contribution in [3.63, 3.8) is 0 Å². The zero-order valence-electron chi connectivity index (χ0n) is 11.0. The van der Waals surface area contributed by atoms with E-state index in [-0.39, 0.29) is 0 Å². The number of hydrogen-bond acceptors (Lipinski definition) is 2. The van der Waals surface area contributed by atoms with Crippen LogP contribution in [0.5, 0.6) is 0 Å². The molecule has 1 atom stereocenters. The molecule has 0 amide bonds. The van der Waals surface area contributed by atoms with E-state index in [0.717, 1.165) is 18.8 Å². The van der Waals surface area contributed by atoms with Crippen molar-refractivity contribution in [3.8, 4) is 5.69 Å². The Morgan fingerprint density at radius 2 is 2.00 bits per heavy atom. The fraction of sp³-hybridized carbons (Fsp3) is 0.333. The Hall–Kier alpha value is -1.74. The molecule has 3 nitrogen and oxygen atoms in total. The van der Waals surface area contributed by atoms with Gasteiger partial charge in [-0.15, -0.1) is 0 Å². The molecule has 0 saturated heterocycles. The second-order valence-electron chi connectivity index (χ2n) is 4.58. The van der Waals surface area contributed by atoms with Crippen LogP contribution in [0.1, 0.15) is 6.92 Å². The lowest BCUT2D eigenvalue weighted by atomic mass is 10.2. The minimum Gasteiger partial charge on any atom is -0.385 e. The summed E-state index contributed by atoms with van der Waals surface area (Å²) in [5.74, 6) is 0.505.